The van der Waals surface area contributed by atoms with Gasteiger partial charge in [-0.15, -0.1) is 0 Å². The number of ketones is 1. The van der Waals surface area contributed by atoms with Crippen LogP contribution in [0.2, 0.25) is 0 Å². The van der Waals surface area contributed by atoms with Gasteiger partial charge < -0.3 is 73.4 Å². The fourth-order valence-corrected chi connectivity index (χ4v) is 18.7. The predicted octanol–water partition coefficient (Wildman–Crippen LogP) is 8.45. The molecule has 1 atom stereocenters. The van der Waals surface area contributed by atoms with E-state index in [2.05, 4.69) is 21.3 Å². The van der Waals surface area contributed by atoms with Gasteiger partial charge in [0.15, 0.2) is 46.0 Å². The molecule has 0 heterocycles. The molecule has 0 aliphatic carbocycles. The number of amides is 4. The van der Waals surface area contributed by atoms with Gasteiger partial charge in [-0.3, -0.25) is 69.5 Å². The van der Waals surface area contributed by atoms with Crippen LogP contribution in [0.5, 0.6) is 63.2 Å². The molecule has 0 aliphatic rings. The van der Waals surface area contributed by atoms with Gasteiger partial charge in [-0.1, -0.05) is 53.4 Å². The first-order valence-corrected chi connectivity index (χ1v) is 63.4. The summed E-state index contributed by atoms with van der Waals surface area (Å²) in [7, 11) is -44.0. The molecule has 0 fully saturated rings. The normalized spacial score (nSPS) is 12.7. The number of Topliss-reactive ketones (excluding diaryl/α,β-unsaturated/α-hetero) is 1. The molecule has 0 radical (unpaired) electrons. The topological polar surface area (TPSA) is 779 Å². The van der Waals surface area contributed by atoms with Gasteiger partial charge in [0, 0.05) is 61.3 Å². The van der Waals surface area contributed by atoms with Crippen molar-refractivity contribution in [1.82, 2.24) is 21.3 Å². The summed E-state index contributed by atoms with van der Waals surface area (Å²) in [6, 6.07) is 10.4. The Kier molecular flexibility index (Phi) is 59.7. The first-order valence-electron chi connectivity index (χ1n) is 47.3. The van der Waals surface area contributed by atoms with Gasteiger partial charge in [0.2, 0.25) is 17.2 Å². The smallest absolute Gasteiger partial charge is 0.264 e. The lowest BCUT2D eigenvalue weighted by Crippen LogP contribution is -2.32. The molecule has 844 valence electrons. The van der Waals surface area contributed by atoms with E-state index in [0.717, 1.165) is 37.8 Å². The maximum atomic E-state index is 14.4. The number of aryl methyl sites for hydroxylation is 1. The van der Waals surface area contributed by atoms with Crippen molar-refractivity contribution in [2.45, 2.75) is 207 Å². The number of hydrogen-bond acceptors (Lipinski definition) is 36. The highest BCUT2D eigenvalue weighted by Crippen LogP contribution is 2.45. The molecule has 4 aromatic rings. The van der Waals surface area contributed by atoms with Crippen molar-refractivity contribution < 1.29 is 206 Å². The van der Waals surface area contributed by atoms with Crippen molar-refractivity contribution in [3.05, 3.63) is 76.3 Å². The number of ether oxygens (including phenoxy) is 11. The van der Waals surface area contributed by atoms with Crippen LogP contribution >= 0.6 is 0 Å². The summed E-state index contributed by atoms with van der Waals surface area (Å²) < 4.78 is 387. The van der Waals surface area contributed by atoms with E-state index < -0.39 is 208 Å². The molecule has 4 amide bonds. The number of unbranched alkanes of at least 4 members (excludes halogenated alkanes) is 5. The quantitative estimate of drug-likeness (QED) is 0.0145. The zero-order valence-corrected chi connectivity index (χ0v) is 90.5. The van der Waals surface area contributed by atoms with Gasteiger partial charge >= 0.3 is 0 Å². The molecule has 50 nitrogen and oxygen atoms in total. The summed E-state index contributed by atoms with van der Waals surface area (Å²) in [5.74, 6) is -10.5. The second-order valence-electron chi connectivity index (χ2n) is 33.9. The third-order valence-corrected chi connectivity index (χ3v) is 28.8. The molecular formula is C87H140N4O46S10. The van der Waals surface area contributed by atoms with Crippen LogP contribution in [0, 0.1) is 5.41 Å². The van der Waals surface area contributed by atoms with Gasteiger partial charge in [-0.2, -0.15) is 84.2 Å². The first-order chi connectivity index (χ1) is 68.5. The summed E-state index contributed by atoms with van der Waals surface area (Å²) in [6.45, 7) is 5.38. The van der Waals surface area contributed by atoms with E-state index in [4.69, 9.17) is 61.2 Å². The molecule has 1 unspecified atom stereocenters. The highest BCUT2D eigenvalue weighted by molar-refractivity contribution is 7.87. The maximum Gasteiger partial charge on any atom is 0.264 e. The Morgan fingerprint density at radius 1 is 0.238 bits per heavy atom. The predicted molar refractivity (Wildman–Crippen MR) is 538 cm³/mol. The second-order valence-corrected chi connectivity index (χ2v) is 49.6. The number of nitrogens with one attached hydrogen (secondary N) is 4. The van der Waals surface area contributed by atoms with Crippen molar-refractivity contribution >= 4 is 131 Å². The Bertz CT molecular complexity index is 5620. The van der Waals surface area contributed by atoms with Crippen LogP contribution in [0.25, 0.3) is 0 Å². The van der Waals surface area contributed by atoms with Gasteiger partial charge in [0.25, 0.3) is 125 Å². The number of benzene rings is 4. The molecule has 0 bridgehead atoms. The summed E-state index contributed by atoms with van der Waals surface area (Å²) in [4.78, 5) is 69.9. The van der Waals surface area contributed by atoms with Crippen molar-refractivity contribution in [2.24, 2.45) is 5.41 Å². The Morgan fingerprint density at radius 2 is 0.435 bits per heavy atom. The van der Waals surface area contributed by atoms with Crippen LogP contribution in [0.15, 0.2) is 48.5 Å². The van der Waals surface area contributed by atoms with Crippen LogP contribution < -0.4 is 73.4 Å². The summed E-state index contributed by atoms with van der Waals surface area (Å²) in [6.07, 6.45) is 4.41. The summed E-state index contributed by atoms with van der Waals surface area (Å²) in [5, 5.41) is 11.2. The Morgan fingerprint density at radius 3 is 0.667 bits per heavy atom. The van der Waals surface area contributed by atoms with E-state index in [9.17, 15) is 145 Å². The minimum Gasteiger partial charge on any atom is -0.490 e. The molecule has 4 rings (SSSR count). The largest absolute Gasteiger partial charge is 0.490 e. The lowest BCUT2D eigenvalue weighted by molar-refractivity contribution is -0.122. The molecule has 0 aromatic heterocycles. The average molecular weight is 2300 g/mol. The van der Waals surface area contributed by atoms with Crippen molar-refractivity contribution in [3.8, 4) is 63.2 Å². The lowest BCUT2D eigenvalue weighted by Gasteiger charge is -2.34. The van der Waals surface area contributed by atoms with E-state index in [1.165, 1.54) is 36.4 Å². The minimum absolute atomic E-state index is 0.00467. The van der Waals surface area contributed by atoms with Crippen molar-refractivity contribution in [2.75, 3.05) is 156 Å². The number of carbonyl (C=O) groups is 5. The molecular weight excluding hydrogens is 2160 g/mol. The number of rotatable bonds is 82. The van der Waals surface area contributed by atoms with Crippen molar-refractivity contribution in [3.63, 3.8) is 0 Å². The number of carbonyl (C=O) groups excluding carboxylic acids is 5. The monoisotopic (exact) mass is 2300 g/mol. The number of hydrogen-bond donors (Lipinski definition) is 14. The second kappa shape index (κ2) is 66.2. The third-order valence-electron chi connectivity index (χ3n) is 20.8. The van der Waals surface area contributed by atoms with Crippen LogP contribution in [-0.2, 0) is 112 Å². The first kappa shape index (κ1) is 132. The van der Waals surface area contributed by atoms with Crippen LogP contribution in [0.4, 0.5) is 0 Å². The molecule has 147 heavy (non-hydrogen) atoms. The minimum atomic E-state index is -4.50. The zero-order valence-electron chi connectivity index (χ0n) is 82.3. The van der Waals surface area contributed by atoms with Crippen molar-refractivity contribution in [1.29, 1.82) is 0 Å². The molecule has 4 aromatic carbocycles. The zero-order chi connectivity index (χ0) is 110. The highest BCUT2D eigenvalue weighted by atomic mass is 32.3. The van der Waals surface area contributed by atoms with E-state index in [1.807, 2.05) is 27.7 Å². The molecule has 60 heteroatoms. The van der Waals surface area contributed by atoms with E-state index in [-0.39, 0.29) is 290 Å². The fourth-order valence-electron chi connectivity index (χ4n) is 13.8. The standard InChI is InChI=1S/C66H105N3O36S8.C21H35NO10S2/c1-3-5-20-54(70)49-66(22-10-25-68-64(72)52-45-56(99-29-13-37-108(80,81)82)61(104-27-6-4-2)57(46-52)100-30-14-38-109(83,84)85,21-9-24-67-63(71)51-43-50(19-7-8-35-106(74,75)76)60(103-33-17-41-112(92,93)94)55(44-51)98-28-12-36-107(77,78)79)23-11-26-69-65(73)53-47-58(101-31-15-39-110(86,87)88)62(105-34-18-42-113(95,96)97)59(48-53)102-32-16-40-111(89,90)91;1-3-5-9-22-21(23)17-15-18(30-11-7-13-33(24,25)26)20(32-10-6-4-2)19(16-17)31-12-8-14-34(27,28)29/h43-48H,3-42,49H2,1-2H3,(H,67,71)(H,68,72)(H,69,73)(H,74,75,76)(H,77,78,79)(H,80,81,82)(H,83,84,85)(H,86,87,88)(H,89,90,91)(H,92,93,94)(H,95,96,97);15-16H,3-14H2,1-2H3,(H,22,23)(H,24,25,26)(H,27,28,29). The molecule has 0 saturated heterocycles. The Balaban J connectivity index is 0.00000137. The van der Waals surface area contributed by atoms with Gasteiger partial charge in [0.05, 0.1) is 130 Å². The van der Waals surface area contributed by atoms with Gasteiger partial charge in [0.1, 0.15) is 5.78 Å². The average Bonchev–Trinajstić information content (AvgIpc) is 0.824. The molecule has 0 spiro atoms. The van der Waals surface area contributed by atoms with E-state index in [0.29, 0.717) is 38.8 Å². The highest BCUT2D eigenvalue weighted by Gasteiger charge is 2.34. The fraction of sp³-hybridized carbons (Fsp3) is 0.667. The van der Waals surface area contributed by atoms with Gasteiger partial charge in [-0.05, 0) is 201 Å². The lowest BCUT2D eigenvalue weighted by atomic mass is 9.71. The molecule has 0 aliphatic heterocycles. The van der Waals surface area contributed by atoms with Crippen LogP contribution in [-0.4, -0.2) is 316 Å². The molecule has 14 N–H and O–H groups in total. The Labute approximate surface area is 860 Å². The van der Waals surface area contributed by atoms with E-state index in [1.54, 1.807) is 0 Å². The van der Waals surface area contributed by atoms with E-state index >= 15 is 0 Å². The van der Waals surface area contributed by atoms with Crippen LogP contribution in [0.3, 0.4) is 0 Å². The van der Waals surface area contributed by atoms with Crippen LogP contribution in [0.1, 0.15) is 248 Å². The third kappa shape index (κ3) is 63.3. The Hall–Kier alpha value is -8.67. The summed E-state index contributed by atoms with van der Waals surface area (Å²) >= 11 is 0. The SMILES string of the molecule is CCCCNC(=O)c1cc(OCCCS(=O)(=O)O)c(OCCCC)c(OCCCS(=O)(=O)O)c1.CCCCOc1c(OCCCS(=O)(=O)O)cc(C(=O)NCCCC(CCCNC(=O)c2cc(CCCCS(=O)(=O)O)c(OCCCS(=O)(=O)O)c(OCCCS(=O)(=O)O)c2)(CCCNC(=O)c2cc(OCCCS(=O)(=O)O)c(OCCCS(=O)(=O)O)c(OCCCS(=O)(=O)O)c2)CC(=O)CCCC)cc1OCCCS(=O)(=O)O. The summed E-state index contributed by atoms with van der Waals surface area (Å²) in [5.41, 5.74) is -1.00. The van der Waals surface area contributed by atoms with Gasteiger partial charge in [-0.25, -0.2) is 0 Å². The maximum absolute atomic E-state index is 14.4. The molecule has 0 saturated carbocycles.